The second kappa shape index (κ2) is 6.58. The molecule has 0 aromatic heterocycles. The van der Waals surface area contributed by atoms with Crippen LogP contribution in [0.2, 0.25) is 0 Å². The van der Waals surface area contributed by atoms with Crippen LogP contribution in [-0.2, 0) is 9.59 Å². The molecule has 1 aliphatic rings. The summed E-state index contributed by atoms with van der Waals surface area (Å²) in [5.41, 5.74) is 2.01. The van der Waals surface area contributed by atoms with E-state index in [2.05, 4.69) is 5.32 Å². The highest BCUT2D eigenvalue weighted by Gasteiger charge is 2.38. The number of para-hydroxylation sites is 2. The van der Waals surface area contributed by atoms with Gasteiger partial charge in [-0.25, -0.2) is 0 Å². The van der Waals surface area contributed by atoms with Crippen molar-refractivity contribution in [1.82, 2.24) is 4.90 Å². The zero-order chi connectivity index (χ0) is 17.1. The third-order valence-electron chi connectivity index (χ3n) is 3.91. The zero-order valence-corrected chi connectivity index (χ0v) is 13.6. The van der Waals surface area contributed by atoms with Crippen LogP contribution >= 0.6 is 0 Å². The maximum atomic E-state index is 12.7. The van der Waals surface area contributed by atoms with Gasteiger partial charge in [0, 0.05) is 6.54 Å². The van der Waals surface area contributed by atoms with E-state index in [4.69, 9.17) is 4.74 Å². The summed E-state index contributed by atoms with van der Waals surface area (Å²) in [4.78, 5) is 26.6. The predicted octanol–water partition coefficient (Wildman–Crippen LogP) is 2.91. The standard InChI is InChI=1S/C19H18N2O3/c1-3-21-18(22)16(13-9-5-4-6-10-13)17(19(21)23)20-14-11-7-8-12-15(14)24-2/h4-12,20H,3H2,1-2H3. The lowest BCUT2D eigenvalue weighted by atomic mass is 10.0. The van der Waals surface area contributed by atoms with Gasteiger partial charge in [0.1, 0.15) is 11.4 Å². The third kappa shape index (κ3) is 2.65. The van der Waals surface area contributed by atoms with Crippen LogP contribution in [0, 0.1) is 0 Å². The van der Waals surface area contributed by atoms with Crippen LogP contribution in [0.4, 0.5) is 5.69 Å². The Morgan fingerprint density at radius 3 is 2.29 bits per heavy atom. The van der Waals surface area contributed by atoms with Gasteiger partial charge in [0.15, 0.2) is 0 Å². The first kappa shape index (κ1) is 15.8. The number of methoxy groups -OCH3 is 1. The van der Waals surface area contributed by atoms with Crippen LogP contribution in [0.3, 0.4) is 0 Å². The molecule has 0 aliphatic carbocycles. The van der Waals surface area contributed by atoms with Crippen molar-refractivity contribution in [2.75, 3.05) is 19.0 Å². The van der Waals surface area contributed by atoms with Crippen LogP contribution in [-0.4, -0.2) is 30.4 Å². The van der Waals surface area contributed by atoms with Gasteiger partial charge in [-0.15, -0.1) is 0 Å². The molecule has 5 heteroatoms. The average molecular weight is 322 g/mol. The van der Waals surface area contributed by atoms with Crippen molar-refractivity contribution in [3.8, 4) is 5.75 Å². The van der Waals surface area contributed by atoms with E-state index in [-0.39, 0.29) is 17.5 Å². The fraction of sp³-hybridized carbons (Fsp3) is 0.158. The minimum Gasteiger partial charge on any atom is -0.495 e. The highest BCUT2D eigenvalue weighted by Crippen LogP contribution is 2.32. The minimum absolute atomic E-state index is 0.276. The topological polar surface area (TPSA) is 58.6 Å². The van der Waals surface area contributed by atoms with Crippen molar-refractivity contribution in [2.45, 2.75) is 6.92 Å². The molecule has 24 heavy (non-hydrogen) atoms. The molecule has 0 saturated heterocycles. The summed E-state index contributed by atoms with van der Waals surface area (Å²) < 4.78 is 5.32. The number of carbonyl (C=O) groups is 2. The van der Waals surface area contributed by atoms with Crippen LogP contribution in [0.25, 0.3) is 5.57 Å². The van der Waals surface area contributed by atoms with E-state index < -0.39 is 0 Å². The number of rotatable bonds is 5. The smallest absolute Gasteiger partial charge is 0.278 e. The molecule has 0 radical (unpaired) electrons. The molecule has 2 aromatic carbocycles. The fourth-order valence-electron chi connectivity index (χ4n) is 2.73. The van der Waals surface area contributed by atoms with Gasteiger partial charge in [0.25, 0.3) is 11.8 Å². The highest BCUT2D eigenvalue weighted by molar-refractivity contribution is 6.36. The number of hydrogen-bond acceptors (Lipinski definition) is 4. The first-order valence-corrected chi connectivity index (χ1v) is 7.73. The van der Waals surface area contributed by atoms with E-state index in [9.17, 15) is 9.59 Å². The van der Waals surface area contributed by atoms with Crippen molar-refractivity contribution in [2.24, 2.45) is 0 Å². The van der Waals surface area contributed by atoms with Gasteiger partial charge in [-0.3, -0.25) is 14.5 Å². The molecule has 3 rings (SSSR count). The number of carbonyl (C=O) groups excluding carboxylic acids is 2. The number of anilines is 1. The predicted molar refractivity (Wildman–Crippen MR) is 92.4 cm³/mol. The third-order valence-corrected chi connectivity index (χ3v) is 3.91. The summed E-state index contributed by atoms with van der Waals surface area (Å²) in [5, 5.41) is 3.10. The number of hydrogen-bond donors (Lipinski definition) is 1. The Morgan fingerprint density at radius 1 is 0.958 bits per heavy atom. The Morgan fingerprint density at radius 2 is 1.62 bits per heavy atom. The minimum atomic E-state index is -0.327. The number of amides is 2. The molecule has 1 N–H and O–H groups in total. The van der Waals surface area contributed by atoms with Crippen molar-refractivity contribution in [1.29, 1.82) is 0 Å². The molecule has 122 valence electrons. The molecular formula is C19H18N2O3. The molecule has 5 nitrogen and oxygen atoms in total. The van der Waals surface area contributed by atoms with E-state index in [1.165, 1.54) is 4.90 Å². The Hall–Kier alpha value is -3.08. The normalized spacial score (nSPS) is 14.3. The average Bonchev–Trinajstić information content (AvgIpc) is 2.86. The van der Waals surface area contributed by atoms with E-state index in [1.54, 1.807) is 26.2 Å². The number of imide groups is 1. The zero-order valence-electron chi connectivity index (χ0n) is 13.6. The Labute approximate surface area is 140 Å². The molecule has 2 amide bonds. The number of ether oxygens (including phenoxy) is 1. The van der Waals surface area contributed by atoms with E-state index in [1.807, 2.05) is 42.5 Å². The van der Waals surface area contributed by atoms with E-state index in [0.29, 0.717) is 29.1 Å². The van der Waals surface area contributed by atoms with Crippen molar-refractivity contribution in [3.63, 3.8) is 0 Å². The quantitative estimate of drug-likeness (QED) is 0.860. The molecule has 0 fully saturated rings. The Balaban J connectivity index is 2.10. The van der Waals surface area contributed by atoms with Crippen molar-refractivity contribution >= 4 is 23.1 Å². The summed E-state index contributed by atoms with van der Waals surface area (Å²) in [7, 11) is 1.56. The lowest BCUT2D eigenvalue weighted by Gasteiger charge is -2.13. The van der Waals surface area contributed by atoms with E-state index in [0.717, 1.165) is 0 Å². The second-order valence-corrected chi connectivity index (χ2v) is 5.30. The molecular weight excluding hydrogens is 304 g/mol. The second-order valence-electron chi connectivity index (χ2n) is 5.30. The maximum absolute atomic E-state index is 12.7. The maximum Gasteiger partial charge on any atom is 0.278 e. The lowest BCUT2D eigenvalue weighted by Crippen LogP contribution is -2.32. The summed E-state index contributed by atoms with van der Waals surface area (Å²) in [6, 6.07) is 16.5. The van der Waals surface area contributed by atoms with Gasteiger partial charge in [-0.1, -0.05) is 42.5 Å². The molecule has 1 aliphatic heterocycles. The van der Waals surface area contributed by atoms with Crippen LogP contribution < -0.4 is 10.1 Å². The van der Waals surface area contributed by atoms with Crippen molar-refractivity contribution in [3.05, 3.63) is 65.9 Å². The molecule has 0 unspecified atom stereocenters. The largest absolute Gasteiger partial charge is 0.495 e. The lowest BCUT2D eigenvalue weighted by molar-refractivity contribution is -0.136. The molecule has 0 spiro atoms. The van der Waals surface area contributed by atoms with Crippen LogP contribution in [0.15, 0.2) is 60.3 Å². The fourth-order valence-corrected chi connectivity index (χ4v) is 2.73. The summed E-state index contributed by atoms with van der Waals surface area (Å²) in [6.45, 7) is 2.11. The number of nitrogens with zero attached hydrogens (tertiary/aromatic N) is 1. The van der Waals surface area contributed by atoms with Crippen molar-refractivity contribution < 1.29 is 14.3 Å². The van der Waals surface area contributed by atoms with Gasteiger partial charge in [-0.2, -0.15) is 0 Å². The Kier molecular flexibility index (Phi) is 4.33. The SMILES string of the molecule is CCN1C(=O)C(Nc2ccccc2OC)=C(c2ccccc2)C1=O. The molecule has 1 heterocycles. The molecule has 0 atom stereocenters. The van der Waals surface area contributed by atoms with Crippen LogP contribution in [0.1, 0.15) is 12.5 Å². The van der Waals surface area contributed by atoms with Crippen LogP contribution in [0.5, 0.6) is 5.75 Å². The van der Waals surface area contributed by atoms with Gasteiger partial charge in [-0.05, 0) is 24.6 Å². The summed E-state index contributed by atoms with van der Waals surface area (Å²) in [5.74, 6) is -0.00836. The highest BCUT2D eigenvalue weighted by atomic mass is 16.5. The monoisotopic (exact) mass is 322 g/mol. The number of likely N-dealkylation sites (N-methyl/N-ethyl adjacent to an activating group) is 1. The first-order valence-electron chi connectivity index (χ1n) is 7.73. The summed E-state index contributed by atoms with van der Waals surface area (Å²) in [6.07, 6.45) is 0. The van der Waals surface area contributed by atoms with Gasteiger partial charge >= 0.3 is 0 Å². The number of nitrogens with one attached hydrogen (secondary N) is 1. The molecule has 2 aromatic rings. The first-order chi connectivity index (χ1) is 11.7. The summed E-state index contributed by atoms with van der Waals surface area (Å²) >= 11 is 0. The Bertz CT molecular complexity index is 812. The van der Waals surface area contributed by atoms with Gasteiger partial charge in [0.2, 0.25) is 0 Å². The molecule has 0 bridgehead atoms. The van der Waals surface area contributed by atoms with Gasteiger partial charge in [0.05, 0.1) is 18.4 Å². The number of benzene rings is 2. The van der Waals surface area contributed by atoms with Gasteiger partial charge < -0.3 is 10.1 Å². The molecule has 0 saturated carbocycles. The van der Waals surface area contributed by atoms with E-state index >= 15 is 0 Å².